The summed E-state index contributed by atoms with van der Waals surface area (Å²) in [5.41, 5.74) is 9.96. The molecule has 0 unspecified atom stereocenters. The van der Waals surface area contributed by atoms with E-state index in [1.165, 1.54) is 11.1 Å². The Morgan fingerprint density at radius 2 is 0.840 bits per heavy atom. The van der Waals surface area contributed by atoms with Crippen molar-refractivity contribution in [1.29, 1.82) is 0 Å². The van der Waals surface area contributed by atoms with E-state index >= 15 is 0 Å². The number of hydrogen-bond acceptors (Lipinski definition) is 3. The standard InChI is InChI=1S/2C10H15.BO3.Gd/c2*1-7-6-10(4,5)9(3)8(7)2;2-1(3)4;/h2*1-5H3;;/q;;-3;+3. The van der Waals surface area contributed by atoms with Crippen LogP contribution >= 0.6 is 0 Å². The molecule has 25 heavy (non-hydrogen) atoms. The summed E-state index contributed by atoms with van der Waals surface area (Å²) >= 11 is -0.390. The van der Waals surface area contributed by atoms with E-state index in [-0.39, 0.29) is 10.8 Å². The molecule has 139 valence electrons. The van der Waals surface area contributed by atoms with Crippen molar-refractivity contribution in [2.75, 3.05) is 0 Å². The van der Waals surface area contributed by atoms with Crippen LogP contribution in [0.4, 0.5) is 0 Å². The Kier molecular flexibility index (Phi) is 7.52. The minimum absolute atomic E-state index is 0.272. The van der Waals surface area contributed by atoms with Crippen LogP contribution in [0.15, 0.2) is 36.1 Å². The molecule has 0 bridgehead atoms. The van der Waals surface area contributed by atoms with Gasteiger partial charge in [-0.2, -0.15) is 0 Å². The summed E-state index contributed by atoms with van der Waals surface area (Å²) in [6.45, 7) is 23.7. The third-order valence-corrected chi connectivity index (χ3v) is 11.7. The van der Waals surface area contributed by atoms with Crippen LogP contribution in [0.2, 0.25) is 0 Å². The molecule has 0 saturated carbocycles. The average molecular weight is 487 g/mol. The fraction of sp³-hybridized carbons (Fsp3) is 0.600. The second kappa shape index (κ2) is 8.08. The van der Waals surface area contributed by atoms with Gasteiger partial charge in [-0.1, -0.05) is 0 Å². The monoisotopic (exact) mass is 487 g/mol. The van der Waals surface area contributed by atoms with Gasteiger partial charge in [-0.05, 0) is 0 Å². The predicted octanol–water partition coefficient (Wildman–Crippen LogP) is 2.42. The van der Waals surface area contributed by atoms with E-state index in [2.05, 4.69) is 69.2 Å². The quantitative estimate of drug-likeness (QED) is 0.563. The van der Waals surface area contributed by atoms with Gasteiger partial charge in [0.15, 0.2) is 0 Å². The largest absolute Gasteiger partial charge is 0.907 e. The third kappa shape index (κ3) is 4.39. The molecule has 0 N–H and O–H groups in total. The summed E-state index contributed by atoms with van der Waals surface area (Å²) in [5.74, 6) is 0. The summed E-state index contributed by atoms with van der Waals surface area (Å²) in [6.07, 6.45) is 0. The Labute approximate surface area is 173 Å². The van der Waals surface area contributed by atoms with Gasteiger partial charge in [0, 0.05) is 0 Å². The van der Waals surface area contributed by atoms with Crippen LogP contribution in [-0.2, 0) is 0 Å². The predicted molar refractivity (Wildman–Crippen MR) is 95.5 cm³/mol. The molecule has 0 aromatic rings. The first-order valence-electron chi connectivity index (χ1n) is 8.56. The molecule has 0 fully saturated rings. The van der Waals surface area contributed by atoms with Crippen LogP contribution in [-0.4, -0.2) is 7.32 Å². The maximum atomic E-state index is 8.42. The smallest absolute Gasteiger partial charge is 0.278 e. The molecule has 0 spiro atoms. The molecule has 0 saturated heterocycles. The Balaban J connectivity index is 0.000000705. The van der Waals surface area contributed by atoms with E-state index in [0.29, 0.717) is 0 Å². The average Bonchev–Trinajstić information content (AvgIpc) is 2.71. The Bertz CT molecular complexity index is 633. The number of hydrogen-bond donors (Lipinski definition) is 0. The van der Waals surface area contributed by atoms with Gasteiger partial charge in [-0.3, -0.25) is 7.32 Å². The topological polar surface area (TPSA) is 69.2 Å². The molecular weight excluding hydrogens is 456 g/mol. The first-order chi connectivity index (χ1) is 11.2. The van der Waals surface area contributed by atoms with E-state index in [9.17, 15) is 0 Å². The van der Waals surface area contributed by atoms with Crippen molar-refractivity contribution < 1.29 is 50.9 Å². The van der Waals surface area contributed by atoms with E-state index < -0.39 is 43.2 Å². The van der Waals surface area contributed by atoms with E-state index in [4.69, 9.17) is 15.1 Å². The van der Waals surface area contributed by atoms with Crippen molar-refractivity contribution in [3.8, 4) is 0 Å². The first kappa shape index (κ1) is 23.3. The van der Waals surface area contributed by atoms with Gasteiger partial charge in [0.05, 0.1) is 0 Å². The van der Waals surface area contributed by atoms with Crippen LogP contribution in [0.3, 0.4) is 0 Å². The minimum atomic E-state index is -2.92. The molecule has 0 radical (unpaired) electrons. The van der Waals surface area contributed by atoms with Crippen molar-refractivity contribution in [2.24, 2.45) is 10.8 Å². The van der Waals surface area contributed by atoms with Crippen LogP contribution in [0, 0.1) is 46.7 Å². The summed E-state index contributed by atoms with van der Waals surface area (Å²) in [7, 11) is -2.92. The van der Waals surface area contributed by atoms with Gasteiger partial charge in [0.2, 0.25) is 0 Å². The molecule has 0 aliphatic heterocycles. The fourth-order valence-electron chi connectivity index (χ4n) is 3.52. The molecule has 0 heterocycles. The maximum Gasteiger partial charge on any atom is -0.278 e. The second-order valence-corrected chi connectivity index (χ2v) is 10.8. The van der Waals surface area contributed by atoms with Crippen molar-refractivity contribution in [1.82, 2.24) is 0 Å². The van der Waals surface area contributed by atoms with Crippen LogP contribution in [0.5, 0.6) is 0 Å². The molecule has 3 nitrogen and oxygen atoms in total. The molecule has 5 heteroatoms. The van der Waals surface area contributed by atoms with Gasteiger partial charge in [-0.15, -0.1) is 0 Å². The van der Waals surface area contributed by atoms with Crippen molar-refractivity contribution in [2.45, 2.75) is 69.2 Å². The van der Waals surface area contributed by atoms with Gasteiger partial charge in [0.1, 0.15) is 0 Å². The Hall–Kier alpha value is 0.230. The zero-order chi connectivity index (χ0) is 19.9. The van der Waals surface area contributed by atoms with Gasteiger partial charge in [-0.25, -0.2) is 0 Å². The molecule has 0 atom stereocenters. The normalized spacial score (nSPS) is 21.8. The summed E-state index contributed by atoms with van der Waals surface area (Å²) in [4.78, 5) is 0. The molecule has 2 rings (SSSR count). The van der Waals surface area contributed by atoms with Gasteiger partial charge in [0.25, 0.3) is 0 Å². The van der Waals surface area contributed by atoms with Gasteiger partial charge >= 0.3 is 152 Å². The summed E-state index contributed by atoms with van der Waals surface area (Å²) in [6, 6.07) is 0. The van der Waals surface area contributed by atoms with E-state index in [1.54, 1.807) is 25.0 Å². The number of allylic oxidation sites excluding steroid dienone is 8. The molecule has 2 aliphatic carbocycles. The molecule has 2 aliphatic rings. The second-order valence-electron chi connectivity index (χ2n) is 7.98. The van der Waals surface area contributed by atoms with E-state index in [1.807, 2.05) is 0 Å². The minimum Gasteiger partial charge on any atom is -0.907 e. The SMILES string of the molecule is CC1=C(C)C(C)(C)[C]([Gd+3][C]2=C(C)C(C)=C(C)C2(C)C)=C1C.[O-]B([O-])[O-]. The van der Waals surface area contributed by atoms with Crippen molar-refractivity contribution >= 4 is 7.32 Å². The van der Waals surface area contributed by atoms with Crippen LogP contribution in [0.1, 0.15) is 69.2 Å². The Morgan fingerprint density at radius 1 is 0.600 bits per heavy atom. The summed E-state index contributed by atoms with van der Waals surface area (Å²) in [5, 5.41) is 25.2. The Morgan fingerprint density at radius 3 is 1.00 bits per heavy atom. The number of rotatable bonds is 2. The molecular formula is C20H30BGdO3. The molecule has 0 aromatic heterocycles. The maximum absolute atomic E-state index is 8.42. The van der Waals surface area contributed by atoms with Crippen LogP contribution in [0.25, 0.3) is 0 Å². The third-order valence-electron chi connectivity index (χ3n) is 6.01. The fourth-order valence-corrected chi connectivity index (χ4v) is 8.06. The van der Waals surface area contributed by atoms with Crippen molar-refractivity contribution in [3.63, 3.8) is 0 Å². The van der Waals surface area contributed by atoms with E-state index in [0.717, 1.165) is 0 Å². The molecule has 0 amide bonds. The van der Waals surface area contributed by atoms with Gasteiger partial charge < -0.3 is 15.1 Å². The molecule has 0 aromatic carbocycles. The van der Waals surface area contributed by atoms with Crippen molar-refractivity contribution in [3.05, 3.63) is 36.1 Å². The zero-order valence-electron chi connectivity index (χ0n) is 17.2. The summed E-state index contributed by atoms with van der Waals surface area (Å²) < 4.78 is 3.53. The van der Waals surface area contributed by atoms with Crippen LogP contribution < -0.4 is 15.1 Å². The zero-order valence-corrected chi connectivity index (χ0v) is 19.4. The first-order valence-corrected chi connectivity index (χ1v) is 10.8.